The van der Waals surface area contributed by atoms with E-state index in [9.17, 15) is 0 Å². The third-order valence-electron chi connectivity index (χ3n) is 4.29. The van der Waals surface area contributed by atoms with Crippen LogP contribution in [-0.2, 0) is 0 Å². The van der Waals surface area contributed by atoms with Crippen molar-refractivity contribution in [2.75, 3.05) is 5.32 Å². The third-order valence-corrected chi connectivity index (χ3v) is 4.53. The predicted octanol–water partition coefficient (Wildman–Crippen LogP) is 5.23. The van der Waals surface area contributed by atoms with E-state index in [1.165, 1.54) is 6.39 Å². The molecule has 3 aromatic heterocycles. The molecule has 0 amide bonds. The molecular weight excluding hydrogens is 362 g/mol. The Bertz CT molecular complexity index is 1270. The molecule has 27 heavy (non-hydrogen) atoms. The van der Waals surface area contributed by atoms with Crippen molar-refractivity contribution in [3.05, 3.63) is 72.3 Å². The quantitative estimate of drug-likeness (QED) is 0.436. The van der Waals surface area contributed by atoms with Gasteiger partial charge in [0.15, 0.2) is 0 Å². The van der Waals surface area contributed by atoms with Crippen LogP contribution in [-0.4, -0.2) is 20.2 Å². The van der Waals surface area contributed by atoms with Crippen molar-refractivity contribution >= 4 is 44.8 Å². The lowest BCUT2D eigenvalue weighted by atomic mass is 10.1. The van der Waals surface area contributed by atoms with E-state index < -0.39 is 0 Å². The van der Waals surface area contributed by atoms with Crippen LogP contribution in [0.4, 0.5) is 11.5 Å². The molecule has 130 valence electrons. The molecule has 7 heteroatoms. The lowest BCUT2D eigenvalue weighted by molar-refractivity contribution is 0.568. The number of anilines is 2. The van der Waals surface area contributed by atoms with Crippen LogP contribution in [0.15, 0.2) is 71.7 Å². The Balaban J connectivity index is 1.72. The normalized spacial score (nSPS) is 11.1. The molecule has 0 radical (unpaired) electrons. The molecule has 0 unspecified atom stereocenters. The highest BCUT2D eigenvalue weighted by Gasteiger charge is 2.12. The Morgan fingerprint density at radius 2 is 1.93 bits per heavy atom. The molecular formula is C20H12ClN5O. The van der Waals surface area contributed by atoms with E-state index in [1.807, 2.05) is 54.7 Å². The number of benzene rings is 2. The smallest absolute Gasteiger partial charge is 0.247 e. The molecule has 1 N–H and O–H groups in total. The van der Waals surface area contributed by atoms with E-state index in [2.05, 4.69) is 20.5 Å². The highest BCUT2D eigenvalue weighted by atomic mass is 35.5. The van der Waals surface area contributed by atoms with Gasteiger partial charge in [-0.25, -0.2) is 4.98 Å². The Kier molecular flexibility index (Phi) is 3.69. The summed E-state index contributed by atoms with van der Waals surface area (Å²) < 4.78 is 5.30. The molecule has 0 bridgehead atoms. The van der Waals surface area contributed by atoms with Crippen LogP contribution in [0.3, 0.4) is 0 Å². The molecule has 0 aliphatic rings. The number of hydrogen-bond acceptors (Lipinski definition) is 6. The van der Waals surface area contributed by atoms with Gasteiger partial charge in [0.2, 0.25) is 12.3 Å². The van der Waals surface area contributed by atoms with Crippen LogP contribution in [0.25, 0.3) is 33.1 Å². The summed E-state index contributed by atoms with van der Waals surface area (Å²) in [4.78, 5) is 9.11. The number of rotatable bonds is 3. The third kappa shape index (κ3) is 2.86. The predicted molar refractivity (Wildman–Crippen MR) is 105 cm³/mol. The number of aromatic nitrogens is 4. The fourth-order valence-electron chi connectivity index (χ4n) is 3.08. The van der Waals surface area contributed by atoms with Gasteiger partial charge in [0.1, 0.15) is 5.82 Å². The van der Waals surface area contributed by atoms with Crippen molar-refractivity contribution in [2.45, 2.75) is 0 Å². The second-order valence-electron chi connectivity index (χ2n) is 5.99. The topological polar surface area (TPSA) is 76.7 Å². The summed E-state index contributed by atoms with van der Waals surface area (Å²) in [5.41, 5.74) is 2.47. The molecule has 3 heterocycles. The Labute approximate surface area is 158 Å². The van der Waals surface area contributed by atoms with E-state index >= 15 is 0 Å². The Morgan fingerprint density at radius 3 is 2.78 bits per heavy atom. The molecule has 5 rings (SSSR count). The number of hydrogen-bond donors (Lipinski definition) is 1. The molecule has 0 fully saturated rings. The number of fused-ring (bicyclic) bond motifs is 3. The van der Waals surface area contributed by atoms with Crippen molar-refractivity contribution < 1.29 is 4.42 Å². The Hall–Kier alpha value is -3.51. The first-order valence-corrected chi connectivity index (χ1v) is 8.62. The first-order chi connectivity index (χ1) is 13.3. The van der Waals surface area contributed by atoms with Crippen LogP contribution in [0.1, 0.15) is 0 Å². The second kappa shape index (κ2) is 6.34. The van der Waals surface area contributed by atoms with Gasteiger partial charge in [-0.05, 0) is 36.4 Å². The van der Waals surface area contributed by atoms with E-state index in [0.717, 1.165) is 38.7 Å². The fourth-order valence-corrected chi connectivity index (χ4v) is 3.27. The van der Waals surface area contributed by atoms with Crippen molar-refractivity contribution in [1.29, 1.82) is 0 Å². The minimum Gasteiger partial charge on any atom is -0.423 e. The van der Waals surface area contributed by atoms with Crippen LogP contribution in [0, 0.1) is 0 Å². The highest BCUT2D eigenvalue weighted by molar-refractivity contribution is 6.30. The van der Waals surface area contributed by atoms with Crippen LogP contribution in [0.2, 0.25) is 5.02 Å². The minimum atomic E-state index is 0.453. The summed E-state index contributed by atoms with van der Waals surface area (Å²) >= 11 is 6.11. The fraction of sp³-hybridized carbons (Fsp3) is 0. The van der Waals surface area contributed by atoms with Gasteiger partial charge in [-0.15, -0.1) is 10.2 Å². The summed E-state index contributed by atoms with van der Waals surface area (Å²) in [7, 11) is 0. The van der Waals surface area contributed by atoms with Crippen molar-refractivity contribution in [2.24, 2.45) is 0 Å². The zero-order valence-corrected chi connectivity index (χ0v) is 14.7. The van der Waals surface area contributed by atoms with E-state index in [4.69, 9.17) is 21.0 Å². The molecule has 0 aliphatic heterocycles. The van der Waals surface area contributed by atoms with Crippen LogP contribution < -0.4 is 5.32 Å². The van der Waals surface area contributed by atoms with E-state index in [1.54, 1.807) is 6.20 Å². The zero-order valence-electron chi connectivity index (χ0n) is 13.9. The molecule has 0 saturated heterocycles. The number of nitrogens with one attached hydrogen (secondary N) is 1. The summed E-state index contributed by atoms with van der Waals surface area (Å²) in [6.45, 7) is 0. The molecule has 0 saturated carbocycles. The maximum absolute atomic E-state index is 6.11. The number of pyridine rings is 2. The molecule has 5 aromatic rings. The Morgan fingerprint density at radius 1 is 0.963 bits per heavy atom. The monoisotopic (exact) mass is 373 g/mol. The number of halogens is 1. The maximum Gasteiger partial charge on any atom is 0.247 e. The van der Waals surface area contributed by atoms with Crippen LogP contribution >= 0.6 is 11.6 Å². The number of nitrogens with zero attached hydrogens (tertiary/aromatic N) is 4. The van der Waals surface area contributed by atoms with E-state index in [-0.39, 0.29) is 0 Å². The molecule has 2 aromatic carbocycles. The standard InChI is InChI=1S/C20H12ClN5O/c21-13-2-1-3-14(9-13)24-19-16-6-7-22-10-17(16)15-5-4-12(8-18(15)25-19)20-26-23-11-27-20/h1-11H,(H,24,25). The first-order valence-electron chi connectivity index (χ1n) is 8.24. The van der Waals surface area contributed by atoms with E-state index in [0.29, 0.717) is 10.9 Å². The zero-order chi connectivity index (χ0) is 18.2. The lowest BCUT2D eigenvalue weighted by Crippen LogP contribution is -1.96. The molecule has 0 aliphatic carbocycles. The van der Waals surface area contributed by atoms with Crippen LogP contribution in [0.5, 0.6) is 0 Å². The van der Waals surface area contributed by atoms with Gasteiger partial charge in [-0.2, -0.15) is 0 Å². The van der Waals surface area contributed by atoms with Gasteiger partial charge in [-0.1, -0.05) is 23.7 Å². The average molecular weight is 374 g/mol. The SMILES string of the molecule is Clc1cccc(Nc2nc3cc(-c4nnco4)ccc3c3cnccc23)c1. The van der Waals surface area contributed by atoms with Crippen molar-refractivity contribution in [3.63, 3.8) is 0 Å². The lowest BCUT2D eigenvalue weighted by Gasteiger charge is -2.12. The van der Waals surface area contributed by atoms with Gasteiger partial charge in [0, 0.05) is 44.8 Å². The maximum atomic E-state index is 6.11. The minimum absolute atomic E-state index is 0.453. The summed E-state index contributed by atoms with van der Waals surface area (Å²) in [6, 6.07) is 15.3. The van der Waals surface area contributed by atoms with Gasteiger partial charge in [0.05, 0.1) is 5.52 Å². The molecule has 0 spiro atoms. The molecule has 0 atom stereocenters. The summed E-state index contributed by atoms with van der Waals surface area (Å²) in [5.74, 6) is 1.18. The highest BCUT2D eigenvalue weighted by Crippen LogP contribution is 2.32. The van der Waals surface area contributed by atoms with Gasteiger partial charge < -0.3 is 9.73 Å². The summed E-state index contributed by atoms with van der Waals surface area (Å²) in [5, 5.41) is 14.7. The van der Waals surface area contributed by atoms with Gasteiger partial charge in [0.25, 0.3) is 0 Å². The summed E-state index contributed by atoms with van der Waals surface area (Å²) in [6.07, 6.45) is 4.91. The second-order valence-corrected chi connectivity index (χ2v) is 6.43. The largest absolute Gasteiger partial charge is 0.423 e. The van der Waals surface area contributed by atoms with Crippen molar-refractivity contribution in [1.82, 2.24) is 20.2 Å². The average Bonchev–Trinajstić information content (AvgIpc) is 3.23. The first kappa shape index (κ1) is 15.7. The van der Waals surface area contributed by atoms with Gasteiger partial charge >= 0.3 is 0 Å². The van der Waals surface area contributed by atoms with Gasteiger partial charge in [-0.3, -0.25) is 4.98 Å². The molecule has 6 nitrogen and oxygen atoms in total. The van der Waals surface area contributed by atoms with Crippen molar-refractivity contribution in [3.8, 4) is 11.5 Å².